The lowest BCUT2D eigenvalue weighted by atomic mass is 9.79. The molecule has 4 heteroatoms. The third kappa shape index (κ3) is 6.04. The number of rotatable bonds is 11. The Morgan fingerprint density at radius 3 is 1.32 bits per heavy atom. The van der Waals surface area contributed by atoms with Crippen LogP contribution in [-0.2, 0) is 5.54 Å². The van der Waals surface area contributed by atoms with Crippen molar-refractivity contribution in [1.29, 1.82) is 0 Å². The highest BCUT2D eigenvalue weighted by atomic mass is 14.9. The molecular weight excluding hydrogens is 416 g/mol. The Labute approximate surface area is 203 Å². The van der Waals surface area contributed by atoms with Gasteiger partial charge in [-0.3, -0.25) is 0 Å². The summed E-state index contributed by atoms with van der Waals surface area (Å²) in [5.74, 6) is 0. The van der Waals surface area contributed by atoms with E-state index in [-0.39, 0.29) is 0 Å². The van der Waals surface area contributed by atoms with Crippen LogP contribution in [0, 0.1) is 0 Å². The smallest absolute Gasteiger partial charge is 0.0665 e. The summed E-state index contributed by atoms with van der Waals surface area (Å²) in [5, 5.41) is 6.90. The molecule has 6 N–H and O–H groups in total. The van der Waals surface area contributed by atoms with Crippen molar-refractivity contribution in [1.82, 2.24) is 0 Å². The molecule has 4 rings (SSSR count). The van der Waals surface area contributed by atoms with Crippen LogP contribution in [0.3, 0.4) is 0 Å². The van der Waals surface area contributed by atoms with Crippen LogP contribution in [0.1, 0.15) is 36.8 Å². The first-order valence-corrected chi connectivity index (χ1v) is 12.0. The summed E-state index contributed by atoms with van der Waals surface area (Å²) < 4.78 is 0. The highest BCUT2D eigenvalue weighted by molar-refractivity contribution is 5.62. The van der Waals surface area contributed by atoms with Gasteiger partial charge in [0.05, 0.1) is 5.54 Å². The second-order valence-corrected chi connectivity index (χ2v) is 8.71. The van der Waals surface area contributed by atoms with E-state index in [1.165, 1.54) is 0 Å². The maximum Gasteiger partial charge on any atom is 0.0665 e. The second-order valence-electron chi connectivity index (χ2n) is 8.71. The first-order valence-electron chi connectivity index (χ1n) is 12.0. The van der Waals surface area contributed by atoms with Crippen LogP contribution in [0.25, 0.3) is 0 Å². The van der Waals surface area contributed by atoms with Gasteiger partial charge in [-0.15, -0.1) is 0 Å². The maximum atomic E-state index is 7.16. The van der Waals surface area contributed by atoms with Crippen LogP contribution < -0.4 is 22.1 Å². The standard InChI is InChI=1S/C30H34N4/c31-23-9-3-8-22-30(32,24-14-18-28(19-15-24)33-26-10-4-1-5-11-26)25-16-20-29(21-17-25)34-27-12-6-2-7-13-27/h1-2,4-7,10-21,33-34H,3,8-9,22-23,31-32H2. The Hall–Kier alpha value is -3.60. The van der Waals surface area contributed by atoms with E-state index < -0.39 is 5.54 Å². The van der Waals surface area contributed by atoms with Crippen molar-refractivity contribution < 1.29 is 0 Å². The van der Waals surface area contributed by atoms with Crippen molar-refractivity contribution in [2.24, 2.45) is 11.5 Å². The average Bonchev–Trinajstić information content (AvgIpc) is 2.89. The molecular formula is C30H34N4. The Morgan fingerprint density at radius 1 is 0.500 bits per heavy atom. The topological polar surface area (TPSA) is 76.1 Å². The molecule has 0 radical (unpaired) electrons. The van der Waals surface area contributed by atoms with Crippen LogP contribution in [-0.4, -0.2) is 6.54 Å². The van der Waals surface area contributed by atoms with E-state index in [2.05, 4.69) is 83.4 Å². The number of anilines is 4. The number of benzene rings is 4. The molecule has 4 nitrogen and oxygen atoms in total. The van der Waals surface area contributed by atoms with Crippen LogP contribution in [0.5, 0.6) is 0 Å². The van der Waals surface area contributed by atoms with E-state index in [1.807, 2.05) is 36.4 Å². The molecule has 0 fully saturated rings. The fraction of sp³-hybridized carbons (Fsp3) is 0.200. The van der Waals surface area contributed by atoms with Crippen molar-refractivity contribution in [3.63, 3.8) is 0 Å². The maximum absolute atomic E-state index is 7.16. The van der Waals surface area contributed by atoms with Gasteiger partial charge in [-0.25, -0.2) is 0 Å². The van der Waals surface area contributed by atoms with Gasteiger partial charge >= 0.3 is 0 Å². The summed E-state index contributed by atoms with van der Waals surface area (Å²) in [6.45, 7) is 0.720. The summed E-state index contributed by atoms with van der Waals surface area (Å²) in [7, 11) is 0. The molecule has 34 heavy (non-hydrogen) atoms. The third-order valence-corrected chi connectivity index (χ3v) is 6.20. The van der Waals surface area contributed by atoms with Crippen LogP contribution in [0.2, 0.25) is 0 Å². The lowest BCUT2D eigenvalue weighted by Crippen LogP contribution is -2.38. The largest absolute Gasteiger partial charge is 0.356 e. The third-order valence-electron chi connectivity index (χ3n) is 6.20. The fourth-order valence-corrected chi connectivity index (χ4v) is 4.26. The first kappa shape index (κ1) is 23.6. The van der Waals surface area contributed by atoms with E-state index in [9.17, 15) is 0 Å². The van der Waals surface area contributed by atoms with Crippen LogP contribution in [0.15, 0.2) is 109 Å². The summed E-state index contributed by atoms with van der Waals surface area (Å²) >= 11 is 0. The predicted octanol–water partition coefficient (Wildman–Crippen LogP) is 6.90. The molecule has 0 amide bonds. The van der Waals surface area contributed by atoms with E-state index in [1.54, 1.807) is 0 Å². The Balaban J connectivity index is 1.55. The van der Waals surface area contributed by atoms with E-state index in [0.29, 0.717) is 0 Å². The average molecular weight is 451 g/mol. The highest BCUT2D eigenvalue weighted by Gasteiger charge is 2.29. The molecule has 4 aromatic carbocycles. The summed E-state index contributed by atoms with van der Waals surface area (Å²) in [6, 6.07) is 37.4. The lowest BCUT2D eigenvalue weighted by Gasteiger charge is -2.31. The van der Waals surface area contributed by atoms with Crippen molar-refractivity contribution in [3.8, 4) is 0 Å². The number of nitrogens with one attached hydrogen (secondary N) is 2. The van der Waals surface area contributed by atoms with Gasteiger partial charge in [-0.1, -0.05) is 73.5 Å². The van der Waals surface area contributed by atoms with Gasteiger partial charge in [0.15, 0.2) is 0 Å². The SMILES string of the molecule is NCCCCCC(N)(c1ccc(Nc2ccccc2)cc1)c1ccc(Nc2ccccc2)cc1. The molecule has 0 aromatic heterocycles. The van der Waals surface area contributed by atoms with Gasteiger partial charge in [0.2, 0.25) is 0 Å². The molecule has 0 bridgehead atoms. The van der Waals surface area contributed by atoms with Crippen LogP contribution >= 0.6 is 0 Å². The molecule has 0 aliphatic rings. The van der Waals surface area contributed by atoms with Crippen molar-refractivity contribution in [2.75, 3.05) is 17.2 Å². The van der Waals surface area contributed by atoms with E-state index in [0.717, 1.165) is 66.1 Å². The van der Waals surface area contributed by atoms with Crippen molar-refractivity contribution in [2.45, 2.75) is 31.2 Å². The number of para-hydroxylation sites is 2. The fourth-order valence-electron chi connectivity index (χ4n) is 4.26. The zero-order valence-electron chi connectivity index (χ0n) is 19.6. The van der Waals surface area contributed by atoms with Gasteiger partial charge < -0.3 is 22.1 Å². The predicted molar refractivity (Wildman–Crippen MR) is 145 cm³/mol. The monoisotopic (exact) mass is 450 g/mol. The molecule has 4 aromatic rings. The van der Waals surface area contributed by atoms with Gasteiger partial charge in [0.25, 0.3) is 0 Å². The minimum atomic E-state index is -0.564. The van der Waals surface area contributed by atoms with E-state index in [4.69, 9.17) is 11.5 Å². The van der Waals surface area contributed by atoms with Crippen LogP contribution in [0.4, 0.5) is 22.7 Å². The molecule has 0 saturated carbocycles. The molecule has 0 aliphatic carbocycles. The van der Waals surface area contributed by atoms with Crippen molar-refractivity contribution in [3.05, 3.63) is 120 Å². The molecule has 174 valence electrons. The molecule has 0 aliphatic heterocycles. The minimum absolute atomic E-state index is 0.564. The zero-order chi connectivity index (χ0) is 23.6. The van der Waals surface area contributed by atoms with E-state index >= 15 is 0 Å². The normalized spacial score (nSPS) is 11.2. The quantitative estimate of drug-likeness (QED) is 0.188. The Kier molecular flexibility index (Phi) is 7.97. The first-order chi connectivity index (χ1) is 16.7. The zero-order valence-corrected chi connectivity index (χ0v) is 19.6. The summed E-state index contributed by atoms with van der Waals surface area (Å²) in [4.78, 5) is 0. The number of hydrogen-bond acceptors (Lipinski definition) is 4. The summed E-state index contributed by atoms with van der Waals surface area (Å²) in [6.07, 6.45) is 4.00. The molecule has 0 heterocycles. The molecule has 0 atom stereocenters. The Bertz CT molecular complexity index is 1040. The highest BCUT2D eigenvalue weighted by Crippen LogP contribution is 2.34. The van der Waals surface area contributed by atoms with Gasteiger partial charge in [0.1, 0.15) is 0 Å². The summed E-state index contributed by atoms with van der Waals surface area (Å²) in [5.41, 5.74) is 18.8. The molecule has 0 spiro atoms. The number of unbranched alkanes of at least 4 members (excludes halogenated alkanes) is 2. The van der Waals surface area contributed by atoms with Gasteiger partial charge in [0, 0.05) is 22.7 Å². The molecule has 0 unspecified atom stereocenters. The second kappa shape index (κ2) is 11.5. The number of nitrogens with two attached hydrogens (primary N) is 2. The van der Waals surface area contributed by atoms with Gasteiger partial charge in [-0.05, 0) is 79.0 Å². The molecule has 0 saturated heterocycles. The van der Waals surface area contributed by atoms with Gasteiger partial charge in [-0.2, -0.15) is 0 Å². The number of hydrogen-bond donors (Lipinski definition) is 4. The lowest BCUT2D eigenvalue weighted by molar-refractivity contribution is 0.458. The minimum Gasteiger partial charge on any atom is -0.356 e. The van der Waals surface area contributed by atoms with Crippen molar-refractivity contribution >= 4 is 22.7 Å². The Morgan fingerprint density at radius 2 is 0.912 bits per heavy atom.